The minimum absolute atomic E-state index is 0.0208. The standard InChI is InChI=1S/C23H24N2O2S/c1-14-10-11-18-19(12-14)28-23-20(18)22(26)24-21(25-23)15-6-5-9-17(13-15)27-16-7-3-2-4-8-16/h2-9,13-14,20-21,23,25H,10-12H2,1H3,(H,24,26). The Kier molecular flexibility index (Phi) is 4.65. The van der Waals surface area contributed by atoms with Crippen molar-refractivity contribution in [2.24, 2.45) is 11.8 Å². The number of para-hydroxylation sites is 1. The third-order valence-electron chi connectivity index (χ3n) is 5.82. The first kappa shape index (κ1) is 17.8. The predicted octanol–water partition coefficient (Wildman–Crippen LogP) is 4.96. The molecule has 3 aliphatic rings. The van der Waals surface area contributed by atoms with Crippen LogP contribution in [0.1, 0.15) is 37.9 Å². The summed E-state index contributed by atoms with van der Waals surface area (Å²) in [5.41, 5.74) is 2.39. The minimum Gasteiger partial charge on any atom is -0.457 e. The van der Waals surface area contributed by atoms with Gasteiger partial charge in [0.2, 0.25) is 5.91 Å². The summed E-state index contributed by atoms with van der Waals surface area (Å²) in [7, 11) is 0. The van der Waals surface area contributed by atoms with Crippen LogP contribution in [0.25, 0.3) is 0 Å². The SMILES string of the molecule is CC1CCC2=C(C1)SC1NC(c3cccc(Oc4ccccc4)c3)NC(=O)C21. The summed E-state index contributed by atoms with van der Waals surface area (Å²) in [5, 5.41) is 6.98. The molecular formula is C23H24N2O2S. The van der Waals surface area contributed by atoms with Gasteiger partial charge in [-0.15, -0.1) is 11.8 Å². The van der Waals surface area contributed by atoms with E-state index in [2.05, 4.69) is 17.6 Å². The highest BCUT2D eigenvalue weighted by molar-refractivity contribution is 8.04. The highest BCUT2D eigenvalue weighted by atomic mass is 32.2. The largest absolute Gasteiger partial charge is 0.457 e. The lowest BCUT2D eigenvalue weighted by Gasteiger charge is -2.35. The summed E-state index contributed by atoms with van der Waals surface area (Å²) in [6.07, 6.45) is 3.18. The van der Waals surface area contributed by atoms with Crippen LogP contribution in [0, 0.1) is 11.8 Å². The number of amides is 1. The Morgan fingerprint density at radius 1 is 1.07 bits per heavy atom. The Morgan fingerprint density at radius 3 is 2.75 bits per heavy atom. The molecule has 1 saturated heterocycles. The second-order valence-electron chi connectivity index (χ2n) is 7.91. The summed E-state index contributed by atoms with van der Waals surface area (Å²) in [6.45, 7) is 2.31. The first-order valence-electron chi connectivity index (χ1n) is 9.95. The minimum atomic E-state index is -0.195. The quantitative estimate of drug-likeness (QED) is 0.775. The van der Waals surface area contributed by atoms with Crippen molar-refractivity contribution >= 4 is 17.7 Å². The Bertz CT molecular complexity index is 927. The Morgan fingerprint density at radius 2 is 1.89 bits per heavy atom. The van der Waals surface area contributed by atoms with E-state index in [0.717, 1.165) is 35.8 Å². The molecule has 0 bridgehead atoms. The van der Waals surface area contributed by atoms with E-state index < -0.39 is 0 Å². The summed E-state index contributed by atoms with van der Waals surface area (Å²) >= 11 is 1.87. The van der Waals surface area contributed by atoms with Crippen LogP contribution < -0.4 is 15.4 Å². The van der Waals surface area contributed by atoms with E-state index >= 15 is 0 Å². The zero-order chi connectivity index (χ0) is 19.1. The number of carbonyl (C=O) groups is 1. The monoisotopic (exact) mass is 392 g/mol. The number of carbonyl (C=O) groups excluding carboxylic acids is 1. The number of rotatable bonds is 3. The third kappa shape index (κ3) is 3.33. The first-order chi connectivity index (χ1) is 13.7. The number of hydrogen-bond donors (Lipinski definition) is 2. The number of allylic oxidation sites excluding steroid dienone is 1. The maximum absolute atomic E-state index is 12.9. The molecule has 5 rings (SSSR count). The molecule has 2 heterocycles. The number of thioether (sulfide) groups is 1. The summed E-state index contributed by atoms with van der Waals surface area (Å²) in [5.74, 6) is 2.42. The van der Waals surface area contributed by atoms with E-state index in [1.165, 1.54) is 16.9 Å². The van der Waals surface area contributed by atoms with Gasteiger partial charge in [0, 0.05) is 0 Å². The van der Waals surface area contributed by atoms with Gasteiger partial charge in [-0.05, 0) is 65.5 Å². The molecular weight excluding hydrogens is 368 g/mol. The first-order valence-corrected chi connectivity index (χ1v) is 10.8. The molecule has 28 heavy (non-hydrogen) atoms. The number of hydrogen-bond acceptors (Lipinski definition) is 4. The lowest BCUT2D eigenvalue weighted by atomic mass is 9.83. The van der Waals surface area contributed by atoms with Gasteiger partial charge in [0.25, 0.3) is 0 Å². The van der Waals surface area contributed by atoms with E-state index in [9.17, 15) is 4.79 Å². The molecule has 2 aromatic rings. The van der Waals surface area contributed by atoms with Crippen LogP contribution in [0.4, 0.5) is 0 Å². The number of fused-ring (bicyclic) bond motifs is 2. The van der Waals surface area contributed by atoms with E-state index in [1.807, 2.05) is 66.4 Å². The van der Waals surface area contributed by atoms with Crippen molar-refractivity contribution in [3.8, 4) is 11.5 Å². The highest BCUT2D eigenvalue weighted by Gasteiger charge is 2.46. The molecule has 0 aromatic heterocycles. The van der Waals surface area contributed by atoms with Crippen LogP contribution in [0.15, 0.2) is 65.1 Å². The van der Waals surface area contributed by atoms with Crippen LogP contribution in [0.3, 0.4) is 0 Å². The van der Waals surface area contributed by atoms with Crippen molar-refractivity contribution in [1.29, 1.82) is 0 Å². The molecule has 0 saturated carbocycles. The molecule has 1 aliphatic carbocycles. The smallest absolute Gasteiger partial charge is 0.231 e. The molecule has 4 nitrogen and oxygen atoms in total. The van der Waals surface area contributed by atoms with Crippen LogP contribution in [-0.4, -0.2) is 11.3 Å². The molecule has 1 fully saturated rings. The zero-order valence-electron chi connectivity index (χ0n) is 15.9. The fourth-order valence-corrected chi connectivity index (χ4v) is 6.07. The van der Waals surface area contributed by atoms with Crippen LogP contribution in [-0.2, 0) is 4.79 Å². The maximum Gasteiger partial charge on any atom is 0.231 e. The molecule has 2 N–H and O–H groups in total. The molecule has 4 atom stereocenters. The molecule has 4 unspecified atom stereocenters. The molecule has 144 valence electrons. The number of benzene rings is 2. The Hall–Kier alpha value is -2.24. The van der Waals surface area contributed by atoms with Gasteiger partial charge in [-0.3, -0.25) is 10.1 Å². The van der Waals surface area contributed by atoms with E-state index in [-0.39, 0.29) is 23.4 Å². The predicted molar refractivity (Wildman–Crippen MR) is 112 cm³/mol. The number of ether oxygens (including phenoxy) is 1. The lowest BCUT2D eigenvalue weighted by molar-refractivity contribution is -0.127. The van der Waals surface area contributed by atoms with E-state index in [1.54, 1.807) is 0 Å². The van der Waals surface area contributed by atoms with Gasteiger partial charge in [-0.1, -0.05) is 37.3 Å². The van der Waals surface area contributed by atoms with E-state index in [0.29, 0.717) is 0 Å². The molecule has 1 amide bonds. The van der Waals surface area contributed by atoms with Crippen molar-refractivity contribution in [1.82, 2.24) is 10.6 Å². The fraction of sp³-hybridized carbons (Fsp3) is 0.348. The van der Waals surface area contributed by atoms with Gasteiger partial charge in [-0.2, -0.15) is 0 Å². The topological polar surface area (TPSA) is 50.4 Å². The highest BCUT2D eigenvalue weighted by Crippen LogP contribution is 2.50. The second kappa shape index (κ2) is 7.30. The average Bonchev–Trinajstić information content (AvgIpc) is 3.07. The van der Waals surface area contributed by atoms with Gasteiger partial charge in [-0.25, -0.2) is 0 Å². The summed E-state index contributed by atoms with van der Waals surface area (Å²) in [6, 6.07) is 17.7. The summed E-state index contributed by atoms with van der Waals surface area (Å²) in [4.78, 5) is 14.4. The van der Waals surface area contributed by atoms with Gasteiger partial charge < -0.3 is 10.1 Å². The summed E-state index contributed by atoms with van der Waals surface area (Å²) < 4.78 is 5.96. The van der Waals surface area contributed by atoms with Crippen molar-refractivity contribution in [3.05, 3.63) is 70.6 Å². The number of nitrogens with one attached hydrogen (secondary N) is 2. The molecule has 2 aliphatic heterocycles. The molecule has 0 radical (unpaired) electrons. The maximum atomic E-state index is 12.9. The van der Waals surface area contributed by atoms with Gasteiger partial charge in [0.15, 0.2) is 0 Å². The van der Waals surface area contributed by atoms with Gasteiger partial charge in [0.1, 0.15) is 17.7 Å². The fourth-order valence-electron chi connectivity index (χ4n) is 4.37. The van der Waals surface area contributed by atoms with Crippen LogP contribution >= 0.6 is 11.8 Å². The molecule has 2 aromatic carbocycles. The normalized spacial score (nSPS) is 29.1. The van der Waals surface area contributed by atoms with Crippen molar-refractivity contribution in [2.45, 2.75) is 37.7 Å². The van der Waals surface area contributed by atoms with E-state index in [4.69, 9.17) is 4.74 Å². The van der Waals surface area contributed by atoms with Crippen molar-refractivity contribution in [3.63, 3.8) is 0 Å². The van der Waals surface area contributed by atoms with Crippen LogP contribution in [0.5, 0.6) is 11.5 Å². The lowest BCUT2D eigenvalue weighted by Crippen LogP contribution is -2.54. The molecule has 5 heteroatoms. The van der Waals surface area contributed by atoms with Crippen molar-refractivity contribution in [2.75, 3.05) is 0 Å². The van der Waals surface area contributed by atoms with Crippen molar-refractivity contribution < 1.29 is 9.53 Å². The third-order valence-corrected chi connectivity index (χ3v) is 7.19. The average molecular weight is 393 g/mol. The zero-order valence-corrected chi connectivity index (χ0v) is 16.7. The van der Waals surface area contributed by atoms with Gasteiger partial charge >= 0.3 is 0 Å². The van der Waals surface area contributed by atoms with Crippen LogP contribution in [0.2, 0.25) is 0 Å². The van der Waals surface area contributed by atoms with Gasteiger partial charge in [0.05, 0.1) is 11.3 Å². The second-order valence-corrected chi connectivity index (χ2v) is 9.14. The Balaban J connectivity index is 1.34. The Labute approximate surface area is 169 Å². The molecule has 0 spiro atoms.